The van der Waals surface area contributed by atoms with Crippen molar-refractivity contribution in [3.05, 3.63) is 47.1 Å². The predicted molar refractivity (Wildman–Crippen MR) is 119 cm³/mol. The summed E-state index contributed by atoms with van der Waals surface area (Å²) in [6.45, 7) is 6.49. The number of sulfonamides is 1. The van der Waals surface area contributed by atoms with Gasteiger partial charge in [-0.3, -0.25) is 4.79 Å². The second kappa shape index (κ2) is 9.86. The van der Waals surface area contributed by atoms with Crippen molar-refractivity contribution in [2.24, 2.45) is 5.92 Å². The van der Waals surface area contributed by atoms with Gasteiger partial charge in [-0.2, -0.15) is 4.72 Å². The lowest BCUT2D eigenvalue weighted by Gasteiger charge is -2.28. The summed E-state index contributed by atoms with van der Waals surface area (Å²) in [5, 5.41) is 2.71. The van der Waals surface area contributed by atoms with Gasteiger partial charge in [-0.05, 0) is 42.3 Å². The van der Waals surface area contributed by atoms with E-state index in [9.17, 15) is 13.2 Å². The van der Waals surface area contributed by atoms with E-state index >= 15 is 0 Å². The Morgan fingerprint density at radius 3 is 2.37 bits per heavy atom. The van der Waals surface area contributed by atoms with Crippen LogP contribution < -0.4 is 14.9 Å². The number of pyridine rings is 1. The van der Waals surface area contributed by atoms with E-state index in [1.165, 1.54) is 12.1 Å². The minimum atomic E-state index is -3.85. The van der Waals surface area contributed by atoms with Crippen molar-refractivity contribution in [1.29, 1.82) is 0 Å². The number of benzene rings is 1. The van der Waals surface area contributed by atoms with Crippen molar-refractivity contribution < 1.29 is 17.9 Å². The van der Waals surface area contributed by atoms with E-state index in [4.69, 9.17) is 4.74 Å². The minimum Gasteiger partial charge on any atom is -0.378 e. The molecule has 1 aromatic carbocycles. The van der Waals surface area contributed by atoms with Crippen LogP contribution in [0.15, 0.2) is 52.0 Å². The summed E-state index contributed by atoms with van der Waals surface area (Å²) in [6, 6.07) is 8.88. The summed E-state index contributed by atoms with van der Waals surface area (Å²) in [5.41, 5.74) is 0.952. The topological polar surface area (TPSA) is 101 Å². The van der Waals surface area contributed by atoms with Crippen molar-refractivity contribution in [3.63, 3.8) is 0 Å². The Balaban J connectivity index is 1.68. The standard InChI is InChI=1S/C20H25BrN4O4S/c1-14(2)19(24-30(27,28)17-6-3-15(21)4-7-17)20(26)23-18-8-5-16(13-22-18)25-9-11-29-12-10-25/h3-8,13-14,19,24H,9-12H2,1-2H3,(H,22,23,26). The molecule has 2 aromatic rings. The van der Waals surface area contributed by atoms with Crippen LogP contribution >= 0.6 is 15.9 Å². The smallest absolute Gasteiger partial charge is 0.243 e. The van der Waals surface area contributed by atoms with Gasteiger partial charge in [-0.25, -0.2) is 13.4 Å². The molecule has 1 fully saturated rings. The average molecular weight is 497 g/mol. The highest BCUT2D eigenvalue weighted by atomic mass is 79.9. The number of nitrogens with one attached hydrogen (secondary N) is 2. The van der Waals surface area contributed by atoms with Crippen molar-refractivity contribution in [2.45, 2.75) is 24.8 Å². The normalized spacial score (nSPS) is 15.8. The molecule has 0 saturated carbocycles. The Kier molecular flexibility index (Phi) is 7.45. The molecule has 0 aliphatic carbocycles. The van der Waals surface area contributed by atoms with E-state index in [0.29, 0.717) is 19.0 Å². The second-order valence-electron chi connectivity index (χ2n) is 7.29. The van der Waals surface area contributed by atoms with E-state index in [-0.39, 0.29) is 10.8 Å². The molecule has 1 aliphatic rings. The monoisotopic (exact) mass is 496 g/mol. The number of anilines is 2. The van der Waals surface area contributed by atoms with Crippen LogP contribution in [-0.4, -0.2) is 51.7 Å². The zero-order chi connectivity index (χ0) is 21.7. The first-order valence-corrected chi connectivity index (χ1v) is 11.9. The molecule has 3 rings (SSSR count). The fourth-order valence-corrected chi connectivity index (χ4v) is 4.62. The fraction of sp³-hybridized carbons (Fsp3) is 0.400. The van der Waals surface area contributed by atoms with Gasteiger partial charge in [0, 0.05) is 17.6 Å². The number of nitrogens with zero attached hydrogens (tertiary/aromatic N) is 2. The highest BCUT2D eigenvalue weighted by Crippen LogP contribution is 2.19. The Bertz CT molecular complexity index is 959. The number of morpholine rings is 1. The third kappa shape index (κ3) is 5.78. The third-order valence-electron chi connectivity index (χ3n) is 4.73. The number of hydrogen-bond donors (Lipinski definition) is 2. The van der Waals surface area contributed by atoms with Gasteiger partial charge in [0.25, 0.3) is 0 Å². The van der Waals surface area contributed by atoms with Crippen LogP contribution in [0.2, 0.25) is 0 Å². The molecule has 0 bridgehead atoms. The van der Waals surface area contributed by atoms with E-state index in [1.807, 2.05) is 6.07 Å². The zero-order valence-corrected chi connectivity index (χ0v) is 19.2. The quantitative estimate of drug-likeness (QED) is 0.610. The molecule has 1 aromatic heterocycles. The van der Waals surface area contributed by atoms with Crippen LogP contribution in [0.4, 0.5) is 11.5 Å². The lowest BCUT2D eigenvalue weighted by molar-refractivity contribution is -0.118. The minimum absolute atomic E-state index is 0.0946. The van der Waals surface area contributed by atoms with Crippen molar-refractivity contribution in [2.75, 3.05) is 36.5 Å². The first kappa shape index (κ1) is 22.7. The van der Waals surface area contributed by atoms with E-state index < -0.39 is 22.0 Å². The van der Waals surface area contributed by atoms with Gasteiger partial charge in [0.05, 0.1) is 30.0 Å². The highest BCUT2D eigenvalue weighted by Gasteiger charge is 2.28. The van der Waals surface area contributed by atoms with Crippen LogP contribution in [0.25, 0.3) is 0 Å². The Labute approximate surface area is 185 Å². The lowest BCUT2D eigenvalue weighted by atomic mass is 10.1. The number of halogens is 1. The van der Waals surface area contributed by atoms with Gasteiger partial charge in [0.15, 0.2) is 0 Å². The van der Waals surface area contributed by atoms with E-state index in [2.05, 4.69) is 35.9 Å². The molecular weight excluding hydrogens is 472 g/mol. The van der Waals surface area contributed by atoms with Gasteiger partial charge in [-0.1, -0.05) is 29.8 Å². The molecule has 8 nitrogen and oxygen atoms in total. The molecule has 1 aliphatic heterocycles. The number of carbonyl (C=O) groups is 1. The van der Waals surface area contributed by atoms with E-state index in [0.717, 1.165) is 23.2 Å². The first-order valence-electron chi connectivity index (χ1n) is 9.64. The maximum Gasteiger partial charge on any atom is 0.243 e. The molecule has 1 saturated heterocycles. The second-order valence-corrected chi connectivity index (χ2v) is 9.92. The molecule has 2 heterocycles. The van der Waals surface area contributed by atoms with Crippen molar-refractivity contribution in [3.8, 4) is 0 Å². The van der Waals surface area contributed by atoms with Crippen molar-refractivity contribution in [1.82, 2.24) is 9.71 Å². The molecule has 0 radical (unpaired) electrons. The number of aromatic nitrogens is 1. The summed E-state index contributed by atoms with van der Waals surface area (Å²) >= 11 is 3.28. The number of carbonyl (C=O) groups excluding carboxylic acids is 1. The zero-order valence-electron chi connectivity index (χ0n) is 16.8. The van der Waals surface area contributed by atoms with Crippen LogP contribution in [0.5, 0.6) is 0 Å². The number of rotatable bonds is 7. The van der Waals surface area contributed by atoms with Gasteiger partial charge < -0.3 is 15.0 Å². The van der Waals surface area contributed by atoms with E-state index in [1.54, 1.807) is 38.2 Å². The summed E-state index contributed by atoms with van der Waals surface area (Å²) in [5.74, 6) is -0.356. The molecule has 1 unspecified atom stereocenters. The SMILES string of the molecule is CC(C)C(NS(=O)(=O)c1ccc(Br)cc1)C(=O)Nc1ccc(N2CCOCC2)cn1. The predicted octanol–water partition coefficient (Wildman–Crippen LogP) is 2.62. The van der Waals surface area contributed by atoms with Crippen LogP contribution in [0.3, 0.4) is 0 Å². The average Bonchev–Trinajstić information content (AvgIpc) is 2.73. The van der Waals surface area contributed by atoms with Crippen LogP contribution in [-0.2, 0) is 19.6 Å². The van der Waals surface area contributed by atoms with Gasteiger partial charge in [0.2, 0.25) is 15.9 Å². The molecule has 162 valence electrons. The molecular formula is C20H25BrN4O4S. The number of ether oxygens (including phenoxy) is 1. The Morgan fingerprint density at radius 2 is 1.80 bits per heavy atom. The van der Waals surface area contributed by atoms with Crippen molar-refractivity contribution >= 4 is 43.4 Å². The molecule has 30 heavy (non-hydrogen) atoms. The highest BCUT2D eigenvalue weighted by molar-refractivity contribution is 9.10. The molecule has 0 spiro atoms. The van der Waals surface area contributed by atoms with Crippen LogP contribution in [0.1, 0.15) is 13.8 Å². The third-order valence-corrected chi connectivity index (χ3v) is 6.72. The maximum absolute atomic E-state index is 12.8. The number of amides is 1. The number of hydrogen-bond acceptors (Lipinski definition) is 6. The summed E-state index contributed by atoms with van der Waals surface area (Å²) in [7, 11) is -3.85. The summed E-state index contributed by atoms with van der Waals surface area (Å²) in [4.78, 5) is 19.3. The first-order chi connectivity index (χ1) is 14.3. The maximum atomic E-state index is 12.8. The van der Waals surface area contributed by atoms with Gasteiger partial charge in [-0.15, -0.1) is 0 Å². The van der Waals surface area contributed by atoms with Gasteiger partial charge >= 0.3 is 0 Å². The molecule has 10 heteroatoms. The lowest BCUT2D eigenvalue weighted by Crippen LogP contribution is -2.47. The van der Waals surface area contributed by atoms with Gasteiger partial charge in [0.1, 0.15) is 11.9 Å². The summed E-state index contributed by atoms with van der Waals surface area (Å²) in [6.07, 6.45) is 1.69. The van der Waals surface area contributed by atoms with Crippen LogP contribution in [0, 0.1) is 5.92 Å². The summed E-state index contributed by atoms with van der Waals surface area (Å²) < 4.78 is 34.0. The largest absolute Gasteiger partial charge is 0.378 e. The molecule has 1 atom stereocenters. The Morgan fingerprint density at radius 1 is 1.13 bits per heavy atom. The molecule has 2 N–H and O–H groups in total. The fourth-order valence-electron chi connectivity index (χ4n) is 3.01. The molecule has 1 amide bonds. The Hall–Kier alpha value is -2.01.